The Hall–Kier alpha value is -3.11. The van der Waals surface area contributed by atoms with Gasteiger partial charge in [0.15, 0.2) is 6.61 Å². The van der Waals surface area contributed by atoms with Gasteiger partial charge in [0.2, 0.25) is 0 Å². The number of nitrogens with one attached hydrogen (secondary N) is 1. The van der Waals surface area contributed by atoms with Crippen molar-refractivity contribution >= 4 is 23.9 Å². The highest BCUT2D eigenvalue weighted by atomic mass is 19.4. The van der Waals surface area contributed by atoms with Crippen molar-refractivity contribution < 1.29 is 41.9 Å². The number of rotatable bonds is 4. The highest BCUT2D eigenvalue weighted by molar-refractivity contribution is 6.20. The van der Waals surface area contributed by atoms with Gasteiger partial charge < -0.3 is 14.9 Å². The number of alkyl halides is 3. The lowest BCUT2D eigenvalue weighted by molar-refractivity contribution is -0.167. The third-order valence-electron chi connectivity index (χ3n) is 2.69. The van der Waals surface area contributed by atoms with Crippen molar-refractivity contribution in [2.75, 3.05) is 13.2 Å². The maximum absolute atomic E-state index is 11.9. The average molecular weight is 346 g/mol. The molecule has 0 unspecified atom stereocenters. The van der Waals surface area contributed by atoms with E-state index in [2.05, 4.69) is 9.57 Å². The minimum absolute atomic E-state index is 0.0350. The Balaban J connectivity index is 1.85. The van der Waals surface area contributed by atoms with E-state index in [-0.39, 0.29) is 16.2 Å². The highest BCUT2D eigenvalue weighted by Gasteiger charge is 2.38. The third kappa shape index (κ3) is 4.00. The van der Waals surface area contributed by atoms with Crippen molar-refractivity contribution in [1.29, 1.82) is 0 Å². The lowest BCUT2D eigenvalue weighted by atomic mass is 10.1. The number of hydrogen-bond donors (Lipinski definition) is 1. The quantitative estimate of drug-likeness (QED) is 0.817. The first-order chi connectivity index (χ1) is 11.2. The SMILES string of the molecule is O=C(CNC(=O)OCC(F)(F)F)ON1C(=O)c2ccccc2C1=O. The zero-order valence-electron chi connectivity index (χ0n) is 11.8. The molecule has 8 nitrogen and oxygen atoms in total. The summed E-state index contributed by atoms with van der Waals surface area (Å²) in [6.07, 6.45) is -6.22. The fourth-order valence-corrected chi connectivity index (χ4v) is 1.73. The molecule has 0 aromatic heterocycles. The molecule has 128 valence electrons. The van der Waals surface area contributed by atoms with Crippen LogP contribution in [0.3, 0.4) is 0 Å². The molecule has 0 saturated carbocycles. The van der Waals surface area contributed by atoms with Crippen LogP contribution in [0, 0.1) is 0 Å². The molecule has 0 aliphatic carbocycles. The fraction of sp³-hybridized carbons (Fsp3) is 0.231. The zero-order valence-corrected chi connectivity index (χ0v) is 11.8. The summed E-state index contributed by atoms with van der Waals surface area (Å²) in [6.45, 7) is -2.73. The Morgan fingerprint density at radius 3 is 2.12 bits per heavy atom. The molecule has 0 radical (unpaired) electrons. The summed E-state index contributed by atoms with van der Waals surface area (Å²) in [7, 11) is 0. The third-order valence-corrected chi connectivity index (χ3v) is 2.69. The Kier molecular flexibility index (Phi) is 4.71. The number of halogens is 3. The largest absolute Gasteiger partial charge is 0.440 e. The van der Waals surface area contributed by atoms with E-state index < -0.39 is 43.2 Å². The minimum atomic E-state index is -4.71. The molecular weight excluding hydrogens is 337 g/mol. The van der Waals surface area contributed by atoms with Gasteiger partial charge in [-0.15, -0.1) is 0 Å². The summed E-state index contributed by atoms with van der Waals surface area (Å²) in [5.74, 6) is -2.99. The van der Waals surface area contributed by atoms with Crippen molar-refractivity contribution in [3.8, 4) is 0 Å². The number of hydrogen-bond acceptors (Lipinski definition) is 6. The molecule has 2 rings (SSSR count). The standard InChI is InChI=1S/C13H9F3N2O6/c14-13(15,16)6-23-12(22)17-5-9(19)24-18-10(20)7-3-1-2-4-8(7)11(18)21/h1-4H,5-6H2,(H,17,22). The molecule has 1 aliphatic heterocycles. The van der Waals surface area contributed by atoms with Crippen molar-refractivity contribution in [1.82, 2.24) is 10.4 Å². The number of imide groups is 1. The number of hydroxylamine groups is 2. The van der Waals surface area contributed by atoms with Gasteiger partial charge in [-0.25, -0.2) is 9.59 Å². The second kappa shape index (κ2) is 6.56. The number of amides is 3. The van der Waals surface area contributed by atoms with Crippen LogP contribution in [0.15, 0.2) is 24.3 Å². The molecule has 0 spiro atoms. The van der Waals surface area contributed by atoms with Crippen LogP contribution >= 0.6 is 0 Å². The monoisotopic (exact) mass is 346 g/mol. The molecule has 1 heterocycles. The summed E-state index contributed by atoms with van der Waals surface area (Å²) >= 11 is 0. The first-order valence-corrected chi connectivity index (χ1v) is 6.35. The molecule has 1 aliphatic rings. The van der Waals surface area contributed by atoms with Gasteiger partial charge >= 0.3 is 18.2 Å². The lowest BCUT2D eigenvalue weighted by Gasteiger charge is -2.13. The molecule has 11 heteroatoms. The van der Waals surface area contributed by atoms with E-state index in [0.717, 1.165) is 0 Å². The van der Waals surface area contributed by atoms with Gasteiger partial charge in [0, 0.05) is 0 Å². The van der Waals surface area contributed by atoms with Gasteiger partial charge in [-0.1, -0.05) is 17.2 Å². The van der Waals surface area contributed by atoms with Crippen molar-refractivity contribution in [3.63, 3.8) is 0 Å². The molecule has 0 fully saturated rings. The van der Waals surface area contributed by atoms with Crippen molar-refractivity contribution in [3.05, 3.63) is 35.4 Å². The van der Waals surface area contributed by atoms with Crippen LogP contribution in [0.25, 0.3) is 0 Å². The molecule has 0 bridgehead atoms. The smallest absolute Gasteiger partial charge is 0.422 e. The topological polar surface area (TPSA) is 102 Å². The highest BCUT2D eigenvalue weighted by Crippen LogP contribution is 2.22. The van der Waals surface area contributed by atoms with Gasteiger partial charge in [-0.2, -0.15) is 13.2 Å². The van der Waals surface area contributed by atoms with E-state index in [9.17, 15) is 32.3 Å². The van der Waals surface area contributed by atoms with Gasteiger partial charge in [-0.05, 0) is 12.1 Å². The molecule has 1 aromatic rings. The summed E-state index contributed by atoms with van der Waals surface area (Å²) in [5.41, 5.74) is 0.0701. The van der Waals surface area contributed by atoms with Crippen LogP contribution in [-0.4, -0.2) is 48.3 Å². The number of ether oxygens (including phenoxy) is 1. The number of fused-ring (bicyclic) bond motifs is 1. The van der Waals surface area contributed by atoms with E-state index in [4.69, 9.17) is 0 Å². The molecule has 1 aromatic carbocycles. The molecular formula is C13H9F3N2O6. The lowest BCUT2D eigenvalue weighted by Crippen LogP contribution is -2.38. The first-order valence-electron chi connectivity index (χ1n) is 6.35. The van der Waals surface area contributed by atoms with E-state index in [1.54, 1.807) is 5.32 Å². The number of benzene rings is 1. The second-order valence-electron chi connectivity index (χ2n) is 4.46. The Morgan fingerprint density at radius 1 is 1.08 bits per heavy atom. The Morgan fingerprint density at radius 2 is 1.62 bits per heavy atom. The summed E-state index contributed by atoms with van der Waals surface area (Å²) < 4.78 is 39.3. The van der Waals surface area contributed by atoms with Gasteiger partial charge in [0.1, 0.15) is 6.54 Å². The van der Waals surface area contributed by atoms with Crippen LogP contribution in [0.2, 0.25) is 0 Å². The van der Waals surface area contributed by atoms with Gasteiger partial charge in [0.25, 0.3) is 11.8 Å². The van der Waals surface area contributed by atoms with E-state index in [0.29, 0.717) is 0 Å². The second-order valence-corrected chi connectivity index (χ2v) is 4.46. The van der Waals surface area contributed by atoms with Crippen LogP contribution in [-0.2, 0) is 14.4 Å². The minimum Gasteiger partial charge on any atom is -0.440 e. The fourth-order valence-electron chi connectivity index (χ4n) is 1.73. The number of nitrogens with zero attached hydrogens (tertiary/aromatic N) is 1. The van der Waals surface area contributed by atoms with E-state index in [1.807, 2.05) is 0 Å². The maximum atomic E-state index is 11.9. The average Bonchev–Trinajstić information content (AvgIpc) is 2.76. The molecule has 1 N–H and O–H groups in total. The number of carbonyl (C=O) groups excluding carboxylic acids is 4. The molecule has 0 saturated heterocycles. The van der Waals surface area contributed by atoms with Crippen molar-refractivity contribution in [2.24, 2.45) is 0 Å². The maximum Gasteiger partial charge on any atom is 0.422 e. The van der Waals surface area contributed by atoms with Gasteiger partial charge in [-0.3, -0.25) is 9.59 Å². The summed E-state index contributed by atoms with van der Waals surface area (Å²) in [5, 5.41) is 1.90. The van der Waals surface area contributed by atoms with E-state index >= 15 is 0 Å². The molecule has 3 amide bonds. The van der Waals surface area contributed by atoms with Crippen LogP contribution < -0.4 is 5.32 Å². The number of carbonyl (C=O) groups is 4. The van der Waals surface area contributed by atoms with E-state index in [1.165, 1.54) is 24.3 Å². The zero-order chi connectivity index (χ0) is 17.9. The number of alkyl carbamates (subject to hydrolysis) is 1. The summed E-state index contributed by atoms with van der Waals surface area (Å²) in [4.78, 5) is 50.7. The van der Waals surface area contributed by atoms with Crippen LogP contribution in [0.5, 0.6) is 0 Å². The van der Waals surface area contributed by atoms with Crippen molar-refractivity contribution in [2.45, 2.75) is 6.18 Å². The predicted octanol–water partition coefficient (Wildman–Crippen LogP) is 1.03. The predicted molar refractivity (Wildman–Crippen MR) is 68.4 cm³/mol. The molecule has 0 atom stereocenters. The normalized spacial score (nSPS) is 13.5. The van der Waals surface area contributed by atoms with Crippen LogP contribution in [0.4, 0.5) is 18.0 Å². The first kappa shape index (κ1) is 17.2. The van der Waals surface area contributed by atoms with Crippen LogP contribution in [0.1, 0.15) is 20.7 Å². The summed E-state index contributed by atoms with van der Waals surface area (Å²) in [6, 6.07) is 5.73. The van der Waals surface area contributed by atoms with Gasteiger partial charge in [0.05, 0.1) is 11.1 Å². The Bertz CT molecular complexity index is 668. The Labute approximate surface area is 132 Å². The molecule has 24 heavy (non-hydrogen) atoms.